The van der Waals surface area contributed by atoms with E-state index in [1.165, 1.54) is 12.8 Å². The van der Waals surface area contributed by atoms with E-state index in [2.05, 4.69) is 5.32 Å². The van der Waals surface area contributed by atoms with Crippen molar-refractivity contribution < 1.29 is 14.3 Å². The van der Waals surface area contributed by atoms with Gasteiger partial charge in [0.1, 0.15) is 0 Å². The first-order valence-electron chi connectivity index (χ1n) is 6.19. The molecule has 0 spiro atoms. The van der Waals surface area contributed by atoms with Crippen molar-refractivity contribution in [3.63, 3.8) is 0 Å². The first kappa shape index (κ1) is 13.5. The minimum atomic E-state index is -0.314. The highest BCUT2D eigenvalue weighted by molar-refractivity contribution is 5.78. The predicted molar refractivity (Wildman–Crippen MR) is 61.9 cm³/mol. The molecule has 0 aromatic rings. The van der Waals surface area contributed by atoms with Gasteiger partial charge < -0.3 is 14.8 Å². The molecular weight excluding hydrogens is 206 g/mol. The molecule has 4 heteroatoms. The number of rotatable bonds is 8. The minimum Gasteiger partial charge on any atom is -0.351 e. The zero-order valence-electron chi connectivity index (χ0n) is 10.5. The van der Waals surface area contributed by atoms with Gasteiger partial charge in [0.05, 0.1) is 6.54 Å². The number of carbonyl (C=O) groups is 1. The van der Waals surface area contributed by atoms with Gasteiger partial charge >= 0.3 is 0 Å². The molecule has 16 heavy (non-hydrogen) atoms. The average Bonchev–Trinajstić information content (AvgIpc) is 3.09. The van der Waals surface area contributed by atoms with E-state index in [0.717, 1.165) is 0 Å². The summed E-state index contributed by atoms with van der Waals surface area (Å²) in [5.41, 5.74) is 0. The summed E-state index contributed by atoms with van der Waals surface area (Å²) in [7, 11) is 0. The van der Waals surface area contributed by atoms with E-state index in [9.17, 15) is 4.79 Å². The number of amides is 1. The third-order valence-electron chi connectivity index (χ3n) is 2.89. The highest BCUT2D eigenvalue weighted by atomic mass is 16.7. The van der Waals surface area contributed by atoms with Crippen molar-refractivity contribution in [2.24, 2.45) is 11.8 Å². The summed E-state index contributed by atoms with van der Waals surface area (Å²) < 4.78 is 10.7. The van der Waals surface area contributed by atoms with Crippen molar-refractivity contribution in [2.45, 2.75) is 39.9 Å². The quantitative estimate of drug-likeness (QED) is 0.642. The van der Waals surface area contributed by atoms with Crippen molar-refractivity contribution in [1.29, 1.82) is 0 Å². The van der Waals surface area contributed by atoms with Crippen LogP contribution in [0.15, 0.2) is 0 Å². The van der Waals surface area contributed by atoms with Gasteiger partial charge in [0.2, 0.25) is 5.91 Å². The van der Waals surface area contributed by atoms with Gasteiger partial charge in [-0.1, -0.05) is 6.92 Å². The Bertz CT molecular complexity index is 210. The van der Waals surface area contributed by atoms with Gasteiger partial charge in [-0.25, -0.2) is 0 Å². The molecule has 0 radical (unpaired) electrons. The summed E-state index contributed by atoms with van der Waals surface area (Å²) in [6, 6.07) is 0. The van der Waals surface area contributed by atoms with Crippen molar-refractivity contribution in [1.82, 2.24) is 5.32 Å². The second-order valence-corrected chi connectivity index (χ2v) is 4.21. The molecule has 0 heterocycles. The van der Waals surface area contributed by atoms with E-state index in [1.807, 2.05) is 20.8 Å². The van der Waals surface area contributed by atoms with Crippen LogP contribution in [0.1, 0.15) is 33.6 Å². The lowest BCUT2D eigenvalue weighted by Crippen LogP contribution is -2.38. The van der Waals surface area contributed by atoms with Gasteiger partial charge in [-0.3, -0.25) is 4.79 Å². The second-order valence-electron chi connectivity index (χ2n) is 4.21. The van der Waals surface area contributed by atoms with E-state index >= 15 is 0 Å². The highest BCUT2D eigenvalue weighted by Gasteiger charge is 2.32. The number of nitrogens with one attached hydrogen (secondary N) is 1. The van der Waals surface area contributed by atoms with Gasteiger partial charge in [-0.15, -0.1) is 0 Å². The Hall–Kier alpha value is -0.610. The van der Waals surface area contributed by atoms with Crippen molar-refractivity contribution in [2.75, 3.05) is 19.8 Å². The Balaban J connectivity index is 2.21. The SMILES string of the molecule is CCOC(CNC(=O)C(C)C1CC1)OCC. The number of hydrogen-bond donors (Lipinski definition) is 1. The van der Waals surface area contributed by atoms with Crippen LogP contribution < -0.4 is 5.32 Å². The lowest BCUT2D eigenvalue weighted by Gasteiger charge is -2.18. The molecule has 1 N–H and O–H groups in total. The Kier molecular flexibility index (Phi) is 5.77. The minimum absolute atomic E-state index is 0.118. The zero-order chi connectivity index (χ0) is 12.0. The van der Waals surface area contributed by atoms with Crippen LogP contribution in [0.3, 0.4) is 0 Å². The summed E-state index contributed by atoms with van der Waals surface area (Å²) in [6.45, 7) is 7.46. The number of carbonyl (C=O) groups excluding carboxylic acids is 1. The molecule has 4 nitrogen and oxygen atoms in total. The molecule has 94 valence electrons. The number of ether oxygens (including phenoxy) is 2. The average molecular weight is 229 g/mol. The lowest BCUT2D eigenvalue weighted by atomic mass is 10.1. The lowest BCUT2D eigenvalue weighted by molar-refractivity contribution is -0.142. The van der Waals surface area contributed by atoms with Crippen molar-refractivity contribution in [3.8, 4) is 0 Å². The second kappa shape index (κ2) is 6.86. The maximum Gasteiger partial charge on any atom is 0.223 e. The molecular formula is C12H23NO3. The maximum absolute atomic E-state index is 11.7. The highest BCUT2D eigenvalue weighted by Crippen LogP contribution is 2.36. The molecule has 0 aliphatic heterocycles. The van der Waals surface area contributed by atoms with Gasteiger partial charge in [0, 0.05) is 19.1 Å². The van der Waals surface area contributed by atoms with Crippen LogP contribution >= 0.6 is 0 Å². The molecule has 0 aromatic carbocycles. The molecule has 0 aromatic heterocycles. The van der Waals surface area contributed by atoms with Crippen LogP contribution in [-0.4, -0.2) is 32.0 Å². The molecule has 0 saturated heterocycles. The van der Waals surface area contributed by atoms with Crippen LogP contribution in [-0.2, 0) is 14.3 Å². The number of hydrogen-bond acceptors (Lipinski definition) is 3. The summed E-state index contributed by atoms with van der Waals surface area (Å²) in [5, 5.41) is 2.88. The Morgan fingerprint density at radius 3 is 2.31 bits per heavy atom. The third kappa shape index (κ3) is 4.49. The first-order valence-corrected chi connectivity index (χ1v) is 6.19. The van der Waals surface area contributed by atoms with Crippen molar-refractivity contribution >= 4 is 5.91 Å². The Morgan fingerprint density at radius 2 is 1.88 bits per heavy atom. The first-order chi connectivity index (χ1) is 7.69. The monoisotopic (exact) mass is 229 g/mol. The fourth-order valence-corrected chi connectivity index (χ4v) is 1.69. The summed E-state index contributed by atoms with van der Waals surface area (Å²) >= 11 is 0. The fourth-order valence-electron chi connectivity index (χ4n) is 1.69. The fraction of sp³-hybridized carbons (Fsp3) is 0.917. The third-order valence-corrected chi connectivity index (χ3v) is 2.89. The van der Waals surface area contributed by atoms with Gasteiger partial charge in [-0.2, -0.15) is 0 Å². The summed E-state index contributed by atoms with van der Waals surface area (Å²) in [4.78, 5) is 11.7. The Morgan fingerprint density at radius 1 is 1.31 bits per heavy atom. The molecule has 0 bridgehead atoms. The maximum atomic E-state index is 11.7. The van der Waals surface area contributed by atoms with Gasteiger partial charge in [-0.05, 0) is 32.6 Å². The van der Waals surface area contributed by atoms with Gasteiger partial charge in [0.25, 0.3) is 0 Å². The normalized spacial score (nSPS) is 17.5. The van der Waals surface area contributed by atoms with Crippen LogP contribution in [0.4, 0.5) is 0 Å². The van der Waals surface area contributed by atoms with E-state index in [1.54, 1.807) is 0 Å². The smallest absolute Gasteiger partial charge is 0.223 e. The van der Waals surface area contributed by atoms with Crippen LogP contribution in [0.2, 0.25) is 0 Å². The van der Waals surface area contributed by atoms with Crippen LogP contribution in [0.25, 0.3) is 0 Å². The largest absolute Gasteiger partial charge is 0.351 e. The molecule has 1 amide bonds. The molecule has 1 saturated carbocycles. The molecule has 1 aliphatic carbocycles. The molecule has 1 unspecified atom stereocenters. The van der Waals surface area contributed by atoms with E-state index in [-0.39, 0.29) is 18.1 Å². The van der Waals surface area contributed by atoms with E-state index < -0.39 is 0 Å². The molecule has 1 atom stereocenters. The van der Waals surface area contributed by atoms with E-state index in [0.29, 0.717) is 25.7 Å². The molecule has 1 fully saturated rings. The molecule has 1 rings (SSSR count). The predicted octanol–water partition coefficient (Wildman–Crippen LogP) is 1.55. The van der Waals surface area contributed by atoms with Crippen LogP contribution in [0, 0.1) is 11.8 Å². The zero-order valence-corrected chi connectivity index (χ0v) is 10.5. The van der Waals surface area contributed by atoms with E-state index in [4.69, 9.17) is 9.47 Å². The Labute approximate surface area is 97.7 Å². The topological polar surface area (TPSA) is 47.6 Å². The van der Waals surface area contributed by atoms with Crippen molar-refractivity contribution in [3.05, 3.63) is 0 Å². The standard InChI is InChI=1S/C12H23NO3/c1-4-15-11(16-5-2)8-13-12(14)9(3)10-6-7-10/h9-11H,4-8H2,1-3H3,(H,13,14). The van der Waals surface area contributed by atoms with Crippen LogP contribution in [0.5, 0.6) is 0 Å². The molecule has 1 aliphatic rings. The summed E-state index contributed by atoms with van der Waals surface area (Å²) in [5.74, 6) is 0.841. The van der Waals surface area contributed by atoms with Gasteiger partial charge in [0.15, 0.2) is 6.29 Å². The summed E-state index contributed by atoms with van der Waals surface area (Å²) in [6.07, 6.45) is 2.06.